The Labute approximate surface area is 162 Å². The van der Waals surface area contributed by atoms with E-state index in [0.29, 0.717) is 22.8 Å². The Morgan fingerprint density at radius 2 is 1.89 bits per heavy atom. The summed E-state index contributed by atoms with van der Waals surface area (Å²) in [6.07, 6.45) is 5.17. The standard InChI is InChI=1S/C22H19N3O3/c1-15-9-10-16(25-11-5-6-12-25)13-18(15)24-22(26)20-21(28-14-23-20)17-7-3-4-8-19(17)27-2/h3-14H,1-2H3,(H,24,26). The van der Waals surface area contributed by atoms with Crippen molar-refractivity contribution in [3.8, 4) is 22.8 Å². The maximum atomic E-state index is 12.9. The molecule has 4 rings (SSSR count). The lowest BCUT2D eigenvalue weighted by Gasteiger charge is -2.11. The molecule has 28 heavy (non-hydrogen) atoms. The molecule has 0 aliphatic carbocycles. The lowest BCUT2D eigenvalue weighted by molar-refractivity contribution is 0.102. The van der Waals surface area contributed by atoms with Crippen LogP contribution in [0.2, 0.25) is 0 Å². The number of rotatable bonds is 5. The highest BCUT2D eigenvalue weighted by Gasteiger charge is 2.21. The predicted molar refractivity (Wildman–Crippen MR) is 107 cm³/mol. The fraction of sp³-hybridized carbons (Fsp3) is 0.0909. The molecule has 1 N–H and O–H groups in total. The first kappa shape index (κ1) is 17.6. The molecule has 2 heterocycles. The fourth-order valence-corrected chi connectivity index (χ4v) is 3.02. The number of hydrogen-bond acceptors (Lipinski definition) is 4. The van der Waals surface area contributed by atoms with Crippen molar-refractivity contribution in [3.63, 3.8) is 0 Å². The van der Waals surface area contributed by atoms with Gasteiger partial charge in [-0.2, -0.15) is 0 Å². The molecule has 0 aliphatic rings. The number of aryl methyl sites for hydroxylation is 1. The largest absolute Gasteiger partial charge is 0.496 e. The Morgan fingerprint density at radius 1 is 1.11 bits per heavy atom. The quantitative estimate of drug-likeness (QED) is 0.550. The zero-order valence-corrected chi connectivity index (χ0v) is 15.5. The van der Waals surface area contributed by atoms with Crippen molar-refractivity contribution in [1.82, 2.24) is 9.55 Å². The second kappa shape index (κ2) is 7.44. The van der Waals surface area contributed by atoms with Gasteiger partial charge in [0.1, 0.15) is 5.75 Å². The van der Waals surface area contributed by atoms with Crippen molar-refractivity contribution in [2.45, 2.75) is 6.92 Å². The van der Waals surface area contributed by atoms with Gasteiger partial charge in [-0.1, -0.05) is 18.2 Å². The third kappa shape index (κ3) is 3.27. The van der Waals surface area contributed by atoms with Crippen molar-refractivity contribution >= 4 is 11.6 Å². The number of ether oxygens (including phenoxy) is 1. The SMILES string of the molecule is COc1ccccc1-c1ocnc1C(=O)Nc1cc(-n2cccc2)ccc1C. The molecular formula is C22H19N3O3. The lowest BCUT2D eigenvalue weighted by atomic mass is 10.1. The average Bonchev–Trinajstić information content (AvgIpc) is 3.41. The summed E-state index contributed by atoms with van der Waals surface area (Å²) >= 11 is 0. The second-order valence-corrected chi connectivity index (χ2v) is 6.27. The fourth-order valence-electron chi connectivity index (χ4n) is 3.02. The molecule has 0 bridgehead atoms. The summed E-state index contributed by atoms with van der Waals surface area (Å²) in [6, 6.07) is 17.1. The Balaban J connectivity index is 1.66. The lowest BCUT2D eigenvalue weighted by Crippen LogP contribution is -2.14. The highest BCUT2D eigenvalue weighted by atomic mass is 16.5. The van der Waals surface area contributed by atoms with E-state index in [2.05, 4.69) is 10.3 Å². The average molecular weight is 373 g/mol. The number of hydrogen-bond donors (Lipinski definition) is 1. The van der Waals surface area contributed by atoms with Gasteiger partial charge in [0, 0.05) is 23.8 Å². The summed E-state index contributed by atoms with van der Waals surface area (Å²) in [6.45, 7) is 1.94. The van der Waals surface area contributed by atoms with E-state index in [1.54, 1.807) is 7.11 Å². The number of carbonyl (C=O) groups is 1. The van der Waals surface area contributed by atoms with Crippen LogP contribution in [0.25, 0.3) is 17.0 Å². The van der Waals surface area contributed by atoms with Crippen LogP contribution in [0.15, 0.2) is 77.8 Å². The van der Waals surface area contributed by atoms with Gasteiger partial charge in [-0.25, -0.2) is 4.98 Å². The monoisotopic (exact) mass is 373 g/mol. The van der Waals surface area contributed by atoms with Crippen LogP contribution in [0.1, 0.15) is 16.1 Å². The molecule has 0 aliphatic heterocycles. The van der Waals surface area contributed by atoms with Gasteiger partial charge >= 0.3 is 0 Å². The molecule has 6 nitrogen and oxygen atoms in total. The third-order valence-corrected chi connectivity index (χ3v) is 4.51. The number of oxazole rings is 1. The molecule has 2 aromatic carbocycles. The molecule has 1 amide bonds. The van der Waals surface area contributed by atoms with Crippen LogP contribution in [0.5, 0.6) is 5.75 Å². The van der Waals surface area contributed by atoms with E-state index in [9.17, 15) is 4.79 Å². The molecule has 140 valence electrons. The Kier molecular flexibility index (Phi) is 4.68. The zero-order chi connectivity index (χ0) is 19.5. The Bertz CT molecular complexity index is 1110. The van der Waals surface area contributed by atoms with E-state index in [-0.39, 0.29) is 11.6 Å². The molecule has 0 fully saturated rings. The van der Waals surface area contributed by atoms with Gasteiger partial charge in [-0.05, 0) is 48.9 Å². The number of methoxy groups -OCH3 is 1. The van der Waals surface area contributed by atoms with Crippen molar-refractivity contribution in [3.05, 3.63) is 84.6 Å². The van der Waals surface area contributed by atoms with Gasteiger partial charge in [-0.3, -0.25) is 4.79 Å². The number of amides is 1. The van der Waals surface area contributed by atoms with Gasteiger partial charge in [0.15, 0.2) is 17.8 Å². The maximum absolute atomic E-state index is 12.9. The first-order valence-corrected chi connectivity index (χ1v) is 8.79. The highest BCUT2D eigenvalue weighted by molar-refractivity contribution is 6.07. The summed E-state index contributed by atoms with van der Waals surface area (Å²) in [7, 11) is 1.57. The molecule has 0 atom stereocenters. The number of aromatic nitrogens is 2. The van der Waals surface area contributed by atoms with E-state index >= 15 is 0 Å². The minimum absolute atomic E-state index is 0.204. The summed E-state index contributed by atoms with van der Waals surface area (Å²) in [5, 5.41) is 2.95. The number of anilines is 1. The molecule has 6 heteroatoms. The van der Waals surface area contributed by atoms with Crippen LogP contribution < -0.4 is 10.1 Å². The number of nitrogens with one attached hydrogen (secondary N) is 1. The number of nitrogens with zero attached hydrogens (tertiary/aromatic N) is 2. The van der Waals surface area contributed by atoms with Crippen LogP contribution in [-0.2, 0) is 0 Å². The number of carbonyl (C=O) groups excluding carboxylic acids is 1. The molecule has 2 aromatic heterocycles. The van der Waals surface area contributed by atoms with E-state index in [0.717, 1.165) is 11.3 Å². The first-order chi connectivity index (χ1) is 13.7. The van der Waals surface area contributed by atoms with Crippen LogP contribution in [-0.4, -0.2) is 22.6 Å². The third-order valence-electron chi connectivity index (χ3n) is 4.51. The summed E-state index contributed by atoms with van der Waals surface area (Å²) in [5.74, 6) is 0.635. The van der Waals surface area contributed by atoms with Gasteiger partial charge in [-0.15, -0.1) is 0 Å². The van der Waals surface area contributed by atoms with Crippen LogP contribution in [0, 0.1) is 6.92 Å². The predicted octanol–water partition coefficient (Wildman–Crippen LogP) is 4.70. The van der Waals surface area contributed by atoms with Crippen LogP contribution >= 0.6 is 0 Å². The summed E-state index contributed by atoms with van der Waals surface area (Å²) in [4.78, 5) is 17.1. The molecule has 0 saturated heterocycles. The topological polar surface area (TPSA) is 69.3 Å². The molecule has 0 radical (unpaired) electrons. The molecule has 0 spiro atoms. The normalized spacial score (nSPS) is 10.6. The molecule has 4 aromatic rings. The van der Waals surface area contributed by atoms with E-state index in [1.807, 2.05) is 78.5 Å². The van der Waals surface area contributed by atoms with Crippen LogP contribution in [0.4, 0.5) is 5.69 Å². The van der Waals surface area contributed by atoms with Gasteiger partial charge in [0.25, 0.3) is 5.91 Å². The van der Waals surface area contributed by atoms with Gasteiger partial charge in [0.2, 0.25) is 0 Å². The molecular weight excluding hydrogens is 354 g/mol. The van der Waals surface area contributed by atoms with Gasteiger partial charge in [0.05, 0.1) is 12.7 Å². The Hall–Kier alpha value is -3.80. The van der Waals surface area contributed by atoms with E-state index in [1.165, 1.54) is 6.39 Å². The van der Waals surface area contributed by atoms with Crippen molar-refractivity contribution in [1.29, 1.82) is 0 Å². The number of para-hydroxylation sites is 1. The molecule has 0 saturated carbocycles. The minimum atomic E-state index is -0.345. The highest BCUT2D eigenvalue weighted by Crippen LogP contribution is 2.32. The Morgan fingerprint density at radius 3 is 2.68 bits per heavy atom. The van der Waals surface area contributed by atoms with Gasteiger partial charge < -0.3 is 19.0 Å². The van der Waals surface area contributed by atoms with Crippen LogP contribution in [0.3, 0.4) is 0 Å². The van der Waals surface area contributed by atoms with Crippen molar-refractivity contribution in [2.75, 3.05) is 12.4 Å². The summed E-state index contributed by atoms with van der Waals surface area (Å²) in [5.41, 5.74) is 3.49. The minimum Gasteiger partial charge on any atom is -0.496 e. The smallest absolute Gasteiger partial charge is 0.278 e. The zero-order valence-electron chi connectivity index (χ0n) is 15.5. The van der Waals surface area contributed by atoms with Crippen molar-refractivity contribution < 1.29 is 13.9 Å². The van der Waals surface area contributed by atoms with E-state index < -0.39 is 0 Å². The summed E-state index contributed by atoms with van der Waals surface area (Å²) < 4.78 is 12.9. The first-order valence-electron chi connectivity index (χ1n) is 8.79. The van der Waals surface area contributed by atoms with E-state index in [4.69, 9.17) is 9.15 Å². The number of benzene rings is 2. The molecule has 0 unspecified atom stereocenters. The second-order valence-electron chi connectivity index (χ2n) is 6.27. The van der Waals surface area contributed by atoms with Crippen molar-refractivity contribution in [2.24, 2.45) is 0 Å². The maximum Gasteiger partial charge on any atom is 0.278 e.